The van der Waals surface area contributed by atoms with Gasteiger partial charge in [0.2, 0.25) is 0 Å². The van der Waals surface area contributed by atoms with E-state index in [-0.39, 0.29) is 16.9 Å². The molecule has 0 spiro atoms. The summed E-state index contributed by atoms with van der Waals surface area (Å²) < 4.78 is 5.62. The Morgan fingerprint density at radius 1 is 1.34 bits per heavy atom. The molecule has 2 rings (SSSR count). The summed E-state index contributed by atoms with van der Waals surface area (Å²) in [5, 5.41) is 25.8. The zero-order valence-electron chi connectivity index (χ0n) is 16.4. The summed E-state index contributed by atoms with van der Waals surface area (Å²) >= 11 is 0. The van der Waals surface area contributed by atoms with Gasteiger partial charge in [0.05, 0.1) is 17.6 Å². The molecule has 29 heavy (non-hydrogen) atoms. The van der Waals surface area contributed by atoms with Crippen LogP contribution in [0.2, 0.25) is 0 Å². The van der Waals surface area contributed by atoms with Gasteiger partial charge in [-0.3, -0.25) is 14.9 Å². The van der Waals surface area contributed by atoms with Crippen LogP contribution in [0.4, 0.5) is 11.4 Å². The molecule has 0 saturated carbocycles. The molecule has 0 bridgehead atoms. The van der Waals surface area contributed by atoms with Gasteiger partial charge in [0, 0.05) is 17.8 Å². The number of nitrogens with one attached hydrogen (secondary N) is 2. The average Bonchev–Trinajstić information content (AvgIpc) is 2.70. The van der Waals surface area contributed by atoms with Crippen LogP contribution in [0.15, 0.2) is 54.2 Å². The van der Waals surface area contributed by atoms with Crippen molar-refractivity contribution in [2.75, 3.05) is 11.9 Å². The number of rotatable bonds is 8. The van der Waals surface area contributed by atoms with Crippen molar-refractivity contribution in [1.82, 2.24) is 5.32 Å². The molecule has 0 radical (unpaired) electrons. The second-order valence-electron chi connectivity index (χ2n) is 6.26. The normalized spacial score (nSPS) is 11.9. The minimum absolute atomic E-state index is 0.157. The summed E-state index contributed by atoms with van der Waals surface area (Å²) in [5.41, 5.74) is 1.63. The summed E-state index contributed by atoms with van der Waals surface area (Å²) in [5.74, 6) is 0.0569. The standard InChI is InChI=1S/C21H22N4O4/c1-4-29-20-10-9-14(2)11-17(20)15(3)24-21(26)16(12-22)13-23-18-7-5-6-8-19(18)25(27)28/h5-11,13,15,23H,4H2,1-3H3,(H,24,26)/b16-13-. The summed E-state index contributed by atoms with van der Waals surface area (Å²) in [6.45, 7) is 6.09. The third-order valence-corrected chi connectivity index (χ3v) is 4.12. The first-order chi connectivity index (χ1) is 13.9. The van der Waals surface area contributed by atoms with Crippen molar-refractivity contribution in [3.8, 4) is 11.8 Å². The molecule has 2 aromatic carbocycles. The predicted octanol–water partition coefficient (Wildman–Crippen LogP) is 4.00. The van der Waals surface area contributed by atoms with Crippen molar-refractivity contribution in [1.29, 1.82) is 5.26 Å². The maximum atomic E-state index is 12.5. The zero-order valence-corrected chi connectivity index (χ0v) is 16.4. The molecule has 150 valence electrons. The van der Waals surface area contributed by atoms with Gasteiger partial charge >= 0.3 is 0 Å². The first-order valence-electron chi connectivity index (χ1n) is 9.01. The van der Waals surface area contributed by atoms with Crippen LogP contribution in [0.25, 0.3) is 0 Å². The van der Waals surface area contributed by atoms with E-state index in [2.05, 4.69) is 10.6 Å². The predicted molar refractivity (Wildman–Crippen MR) is 109 cm³/mol. The Bertz CT molecular complexity index is 979. The van der Waals surface area contributed by atoms with Crippen molar-refractivity contribution < 1.29 is 14.5 Å². The summed E-state index contributed by atoms with van der Waals surface area (Å²) in [7, 11) is 0. The van der Waals surface area contributed by atoms with Gasteiger partial charge in [-0.05, 0) is 32.9 Å². The van der Waals surface area contributed by atoms with Crippen molar-refractivity contribution in [2.24, 2.45) is 0 Å². The number of nitro groups is 1. The van der Waals surface area contributed by atoms with Gasteiger partial charge in [0.1, 0.15) is 23.1 Å². The molecule has 1 amide bonds. The quantitative estimate of drug-likeness (QED) is 0.302. The number of nitriles is 1. The highest BCUT2D eigenvalue weighted by molar-refractivity contribution is 5.97. The molecule has 0 heterocycles. The average molecular weight is 394 g/mol. The second kappa shape index (κ2) is 9.90. The van der Waals surface area contributed by atoms with Gasteiger partial charge in [-0.25, -0.2) is 0 Å². The van der Waals surface area contributed by atoms with Crippen molar-refractivity contribution in [2.45, 2.75) is 26.8 Å². The van der Waals surface area contributed by atoms with Gasteiger partial charge < -0.3 is 15.4 Å². The monoisotopic (exact) mass is 394 g/mol. The molecule has 0 aromatic heterocycles. The Hall–Kier alpha value is -3.86. The topological polar surface area (TPSA) is 117 Å². The number of nitrogens with zero attached hydrogens (tertiary/aromatic N) is 2. The lowest BCUT2D eigenvalue weighted by Gasteiger charge is -2.18. The minimum Gasteiger partial charge on any atom is -0.494 e. The Morgan fingerprint density at radius 2 is 2.07 bits per heavy atom. The number of hydrogen-bond acceptors (Lipinski definition) is 6. The molecular formula is C21H22N4O4. The molecule has 1 atom stereocenters. The van der Waals surface area contributed by atoms with Gasteiger partial charge in [-0.1, -0.05) is 29.8 Å². The van der Waals surface area contributed by atoms with Crippen molar-refractivity contribution >= 4 is 17.3 Å². The molecule has 0 aliphatic carbocycles. The molecule has 0 fully saturated rings. The van der Waals surface area contributed by atoms with E-state index in [1.165, 1.54) is 18.2 Å². The van der Waals surface area contributed by atoms with E-state index in [0.29, 0.717) is 12.4 Å². The fourth-order valence-corrected chi connectivity index (χ4v) is 2.70. The number of aryl methyl sites for hydroxylation is 1. The number of nitro benzene ring substituents is 1. The molecule has 2 aromatic rings. The Labute approximate surface area is 169 Å². The number of ether oxygens (including phenoxy) is 1. The van der Waals surface area contributed by atoms with Crippen LogP contribution >= 0.6 is 0 Å². The maximum absolute atomic E-state index is 12.5. The number of para-hydroxylation sites is 2. The SMILES string of the molecule is CCOc1ccc(C)cc1C(C)NC(=O)/C(C#N)=C\Nc1ccccc1[N+](=O)[O-]. The Balaban J connectivity index is 2.18. The van der Waals surface area contributed by atoms with Crippen LogP contribution in [-0.4, -0.2) is 17.4 Å². The number of carbonyl (C=O) groups is 1. The van der Waals surface area contributed by atoms with E-state index in [1.54, 1.807) is 13.0 Å². The molecule has 1 unspecified atom stereocenters. The minimum atomic E-state index is -0.602. The third-order valence-electron chi connectivity index (χ3n) is 4.12. The molecule has 8 nitrogen and oxygen atoms in total. The summed E-state index contributed by atoms with van der Waals surface area (Å²) in [6.07, 6.45) is 1.16. The Kier molecular flexibility index (Phi) is 7.32. The lowest BCUT2D eigenvalue weighted by molar-refractivity contribution is -0.383. The lowest BCUT2D eigenvalue weighted by Crippen LogP contribution is -2.28. The van der Waals surface area contributed by atoms with Crippen LogP contribution < -0.4 is 15.4 Å². The molecule has 0 aliphatic rings. The van der Waals surface area contributed by atoms with Gasteiger partial charge in [-0.15, -0.1) is 0 Å². The highest BCUT2D eigenvalue weighted by atomic mass is 16.6. The number of carbonyl (C=O) groups excluding carboxylic acids is 1. The van der Waals surface area contributed by atoms with Crippen LogP contribution in [0.3, 0.4) is 0 Å². The van der Waals surface area contributed by atoms with E-state index < -0.39 is 16.9 Å². The first-order valence-corrected chi connectivity index (χ1v) is 9.01. The van der Waals surface area contributed by atoms with E-state index in [4.69, 9.17) is 4.74 Å². The van der Waals surface area contributed by atoms with Gasteiger partial charge in [0.25, 0.3) is 11.6 Å². The van der Waals surface area contributed by atoms with Crippen molar-refractivity contribution in [3.63, 3.8) is 0 Å². The second-order valence-corrected chi connectivity index (χ2v) is 6.26. The zero-order chi connectivity index (χ0) is 21.4. The number of amides is 1. The van der Waals surface area contributed by atoms with Crippen LogP contribution in [-0.2, 0) is 4.79 Å². The molecule has 8 heteroatoms. The lowest BCUT2D eigenvalue weighted by atomic mass is 10.0. The van der Waals surface area contributed by atoms with Crippen LogP contribution in [0, 0.1) is 28.4 Å². The largest absolute Gasteiger partial charge is 0.494 e. The van der Waals surface area contributed by atoms with Crippen LogP contribution in [0.5, 0.6) is 5.75 Å². The fraction of sp³-hybridized carbons (Fsp3) is 0.238. The number of benzene rings is 2. The van der Waals surface area contributed by atoms with E-state index in [0.717, 1.165) is 17.3 Å². The van der Waals surface area contributed by atoms with E-state index >= 15 is 0 Å². The molecular weight excluding hydrogens is 372 g/mol. The first kappa shape index (κ1) is 21.4. The molecule has 0 saturated heterocycles. The molecule has 0 aliphatic heterocycles. The van der Waals surface area contributed by atoms with E-state index in [9.17, 15) is 20.2 Å². The number of hydrogen-bond donors (Lipinski definition) is 2. The highest BCUT2D eigenvalue weighted by Crippen LogP contribution is 2.27. The van der Waals surface area contributed by atoms with Crippen LogP contribution in [0.1, 0.15) is 31.0 Å². The smallest absolute Gasteiger partial charge is 0.292 e. The highest BCUT2D eigenvalue weighted by Gasteiger charge is 2.18. The summed E-state index contributed by atoms with van der Waals surface area (Å²) in [6, 6.07) is 13.0. The molecule has 2 N–H and O–H groups in total. The number of anilines is 1. The summed E-state index contributed by atoms with van der Waals surface area (Å²) in [4.78, 5) is 23.1. The Morgan fingerprint density at radius 3 is 2.72 bits per heavy atom. The van der Waals surface area contributed by atoms with Gasteiger partial charge in [-0.2, -0.15) is 5.26 Å². The maximum Gasteiger partial charge on any atom is 0.292 e. The fourth-order valence-electron chi connectivity index (χ4n) is 2.70. The third kappa shape index (κ3) is 5.56. The van der Waals surface area contributed by atoms with Gasteiger partial charge in [0.15, 0.2) is 0 Å². The van der Waals surface area contributed by atoms with E-state index in [1.807, 2.05) is 38.1 Å². The van der Waals surface area contributed by atoms with Crippen molar-refractivity contribution in [3.05, 3.63) is 75.5 Å².